The number of hydrogen-bond acceptors (Lipinski definition) is 3. The second kappa shape index (κ2) is 12.0. The quantitative estimate of drug-likeness (QED) is 0.349. The maximum absolute atomic E-state index is 14.3. The lowest BCUT2D eigenvalue weighted by atomic mass is 9.62. The minimum absolute atomic E-state index is 0.126. The fourth-order valence-corrected chi connectivity index (χ4v) is 6.78. The first-order valence-electron chi connectivity index (χ1n) is 17.6. The zero-order chi connectivity index (χ0) is 36.5. The Morgan fingerprint density at radius 3 is 1.06 bits per heavy atom. The molecule has 3 rings (SSSR count). The van der Waals surface area contributed by atoms with Crippen molar-refractivity contribution in [2.45, 2.75) is 165 Å². The lowest BCUT2D eigenvalue weighted by molar-refractivity contribution is -0.114. The average molecular weight is 643 g/mol. The number of rotatable bonds is 4. The van der Waals surface area contributed by atoms with Crippen LogP contribution in [-0.4, -0.2) is 16.0 Å². The fraction of sp³-hybridized carbons (Fsp3) is 0.614. The highest BCUT2D eigenvalue weighted by Crippen LogP contribution is 2.50. The van der Waals surface area contributed by atoms with Crippen LogP contribution in [0.5, 0.6) is 11.5 Å². The van der Waals surface area contributed by atoms with Gasteiger partial charge in [0.05, 0.1) is 0 Å². The molecule has 1 aliphatic carbocycles. The Kier molecular flexibility index (Phi) is 9.83. The molecule has 0 heterocycles. The topological polar surface area (TPSA) is 57.5 Å². The summed E-state index contributed by atoms with van der Waals surface area (Å²) in [5.41, 5.74) is 5.34. The molecule has 0 amide bonds. The molecule has 0 atom stereocenters. The molecule has 0 spiro atoms. The van der Waals surface area contributed by atoms with Crippen molar-refractivity contribution < 1.29 is 15.0 Å². The highest BCUT2D eigenvalue weighted by molar-refractivity contribution is 6.11. The van der Waals surface area contributed by atoms with Crippen molar-refractivity contribution >= 4 is 5.78 Å². The summed E-state index contributed by atoms with van der Waals surface area (Å²) in [6, 6.07) is 8.78. The average Bonchev–Trinajstić information content (AvgIpc) is 2.84. The van der Waals surface area contributed by atoms with Crippen LogP contribution in [0.25, 0.3) is 0 Å². The third kappa shape index (κ3) is 8.09. The number of Topliss-reactive ketones (excluding diaryl/α,β-unsaturated/α-hetero) is 1. The Labute approximate surface area is 288 Å². The highest BCUT2D eigenvalue weighted by atomic mass is 16.3. The number of aryl methyl sites for hydroxylation is 1. The summed E-state index contributed by atoms with van der Waals surface area (Å²) >= 11 is 0. The largest absolute Gasteiger partial charge is 0.507 e. The summed E-state index contributed by atoms with van der Waals surface area (Å²) < 4.78 is 0. The Balaban J connectivity index is 2.50. The molecular weight excluding hydrogens is 576 g/mol. The van der Waals surface area contributed by atoms with Crippen LogP contribution in [0.1, 0.15) is 164 Å². The van der Waals surface area contributed by atoms with Crippen molar-refractivity contribution in [3.63, 3.8) is 0 Å². The van der Waals surface area contributed by atoms with E-state index in [1.165, 1.54) is 5.56 Å². The molecule has 2 N–H and O–H groups in total. The maximum atomic E-state index is 14.3. The van der Waals surface area contributed by atoms with E-state index in [1.54, 1.807) is 0 Å². The van der Waals surface area contributed by atoms with Gasteiger partial charge in [-0.25, -0.2) is 0 Å². The molecule has 2 aromatic carbocycles. The predicted molar refractivity (Wildman–Crippen MR) is 201 cm³/mol. The summed E-state index contributed by atoms with van der Waals surface area (Å²) in [4.78, 5) is 14.3. The Morgan fingerprint density at radius 1 is 0.489 bits per heavy atom. The van der Waals surface area contributed by atoms with Gasteiger partial charge in [-0.3, -0.25) is 4.79 Å². The molecule has 1 aliphatic rings. The normalized spacial score (nSPS) is 16.7. The van der Waals surface area contributed by atoms with Gasteiger partial charge in [0.25, 0.3) is 0 Å². The summed E-state index contributed by atoms with van der Waals surface area (Å²) in [5.74, 6) is 0.875. The van der Waals surface area contributed by atoms with Crippen LogP contribution in [0.15, 0.2) is 47.6 Å². The second-order valence-corrected chi connectivity index (χ2v) is 20.4. The molecule has 3 nitrogen and oxygen atoms in total. The first-order valence-corrected chi connectivity index (χ1v) is 17.6. The molecule has 0 bridgehead atoms. The summed E-state index contributed by atoms with van der Waals surface area (Å²) in [6.45, 7) is 38.7. The third-order valence-electron chi connectivity index (χ3n) is 9.79. The molecular formula is C44H66O3. The second-order valence-electron chi connectivity index (χ2n) is 20.4. The molecule has 0 aromatic heterocycles. The fourth-order valence-electron chi connectivity index (χ4n) is 6.78. The molecule has 0 radical (unpaired) electrons. The van der Waals surface area contributed by atoms with E-state index < -0.39 is 5.41 Å². The van der Waals surface area contributed by atoms with E-state index in [4.69, 9.17) is 0 Å². The van der Waals surface area contributed by atoms with E-state index >= 15 is 0 Å². The lowest BCUT2D eigenvalue weighted by Crippen LogP contribution is -2.36. The van der Waals surface area contributed by atoms with Crippen LogP contribution in [0.4, 0.5) is 0 Å². The van der Waals surface area contributed by atoms with Crippen LogP contribution in [-0.2, 0) is 38.3 Å². The molecule has 0 saturated heterocycles. The van der Waals surface area contributed by atoms with E-state index in [0.717, 1.165) is 51.8 Å². The summed E-state index contributed by atoms with van der Waals surface area (Å²) in [5, 5.41) is 23.2. The van der Waals surface area contributed by atoms with Gasteiger partial charge in [-0.15, -0.1) is 0 Å². The number of phenolic OH excluding ortho intramolecular Hbond substituents is 2. The smallest absolute Gasteiger partial charge is 0.185 e. The van der Waals surface area contributed by atoms with Gasteiger partial charge in [-0.2, -0.15) is 0 Å². The maximum Gasteiger partial charge on any atom is 0.185 e. The van der Waals surface area contributed by atoms with Gasteiger partial charge < -0.3 is 10.2 Å². The predicted octanol–water partition coefficient (Wildman–Crippen LogP) is 11.7. The minimum atomic E-state index is -0.603. The van der Waals surface area contributed by atoms with Crippen molar-refractivity contribution in [3.8, 4) is 11.5 Å². The molecule has 47 heavy (non-hydrogen) atoms. The van der Waals surface area contributed by atoms with E-state index in [2.05, 4.69) is 161 Å². The van der Waals surface area contributed by atoms with Gasteiger partial charge in [0.1, 0.15) is 11.5 Å². The number of carbonyl (C=O) groups excluding carboxylic acids is 1. The lowest BCUT2D eigenvalue weighted by Gasteiger charge is -2.41. The zero-order valence-corrected chi connectivity index (χ0v) is 33.2. The van der Waals surface area contributed by atoms with Crippen LogP contribution in [0.3, 0.4) is 0 Å². The summed E-state index contributed by atoms with van der Waals surface area (Å²) in [7, 11) is 0. The monoisotopic (exact) mass is 643 g/mol. The van der Waals surface area contributed by atoms with E-state index in [1.807, 2.05) is 0 Å². The molecule has 0 aliphatic heterocycles. The molecule has 2 aromatic rings. The van der Waals surface area contributed by atoms with Crippen molar-refractivity contribution in [1.29, 1.82) is 0 Å². The number of carbonyl (C=O) groups is 1. The first kappa shape index (κ1) is 38.6. The van der Waals surface area contributed by atoms with Gasteiger partial charge in [0, 0.05) is 16.6 Å². The summed E-state index contributed by atoms with van der Waals surface area (Å²) in [6.07, 6.45) is 5.99. The van der Waals surface area contributed by atoms with Crippen molar-refractivity contribution in [1.82, 2.24) is 0 Å². The molecule has 260 valence electrons. The SMILES string of the molecule is CC(C)(C)C1=CC(CCc2cc(C(C)(C)C)c(O)c(C(C)(C)C)c2)(c2cc(C(C)(C)C)c(O)c(C(C)(C)C)c2)C=C(C(C)(C)C)C1=O. The number of hydrogen-bond donors (Lipinski definition) is 2. The minimum Gasteiger partial charge on any atom is -0.507 e. The Hall–Kier alpha value is -2.81. The van der Waals surface area contributed by atoms with Crippen molar-refractivity contribution in [3.05, 3.63) is 80.9 Å². The van der Waals surface area contributed by atoms with Crippen LogP contribution in [0.2, 0.25) is 0 Å². The zero-order valence-electron chi connectivity index (χ0n) is 33.2. The van der Waals surface area contributed by atoms with Gasteiger partial charge >= 0.3 is 0 Å². The number of phenols is 2. The van der Waals surface area contributed by atoms with Crippen molar-refractivity contribution in [2.24, 2.45) is 10.8 Å². The van der Waals surface area contributed by atoms with Gasteiger partial charge in [0.15, 0.2) is 5.78 Å². The van der Waals surface area contributed by atoms with Crippen LogP contribution >= 0.6 is 0 Å². The Morgan fingerprint density at radius 2 is 0.787 bits per heavy atom. The van der Waals surface area contributed by atoms with Crippen molar-refractivity contribution in [2.75, 3.05) is 0 Å². The third-order valence-corrected chi connectivity index (χ3v) is 9.79. The molecule has 3 heteroatoms. The first-order chi connectivity index (χ1) is 20.8. The molecule has 0 saturated carbocycles. The number of allylic oxidation sites excluding steroid dienone is 4. The highest BCUT2D eigenvalue weighted by Gasteiger charge is 2.43. The molecule has 0 unspecified atom stereocenters. The Bertz CT molecular complexity index is 1480. The standard InChI is InChI=1S/C44H66O3/c1-38(2,3)29-21-27(22-30(35(29)45)39(4,5)6)19-20-44(25-33(42(13,14)15)37(47)34(26-44)43(16,17)18)28-23-31(40(7,8)9)36(46)32(24-28)41(10,11)12/h21-26,45-46H,19-20H2,1-18H3. The molecule has 0 fully saturated rings. The van der Waals surface area contributed by atoms with Crippen LogP contribution < -0.4 is 0 Å². The van der Waals surface area contributed by atoms with Gasteiger partial charge in [0.2, 0.25) is 0 Å². The van der Waals surface area contributed by atoms with E-state index in [9.17, 15) is 15.0 Å². The van der Waals surface area contributed by atoms with E-state index in [-0.39, 0.29) is 38.3 Å². The van der Waals surface area contributed by atoms with E-state index in [0.29, 0.717) is 11.5 Å². The van der Waals surface area contributed by atoms with Crippen LogP contribution in [0, 0.1) is 10.8 Å². The number of aromatic hydroxyl groups is 2. The number of ketones is 1. The van der Waals surface area contributed by atoms with Gasteiger partial charge in [-0.05, 0) is 78.7 Å². The van der Waals surface area contributed by atoms with Gasteiger partial charge in [-0.1, -0.05) is 161 Å². The number of benzene rings is 2.